The number of halogens is 2. The number of nitrogens with zero attached hydrogens (tertiary/aromatic N) is 3. The van der Waals surface area contributed by atoms with E-state index in [1.165, 1.54) is 12.1 Å². The summed E-state index contributed by atoms with van der Waals surface area (Å²) >= 11 is 0. The minimum atomic E-state index is -1.27. The molecule has 4 nitrogen and oxygen atoms in total. The molecule has 0 atom stereocenters. The van der Waals surface area contributed by atoms with Gasteiger partial charge in [0, 0.05) is 17.0 Å². The number of phenolic OH excluding ortho intramolecular Hbond substituents is 1. The Morgan fingerprint density at radius 1 is 1.38 bits per heavy atom. The van der Waals surface area contributed by atoms with Crippen molar-refractivity contribution in [1.29, 1.82) is 0 Å². The lowest BCUT2D eigenvalue weighted by molar-refractivity contribution is 0.406. The lowest BCUT2D eigenvalue weighted by atomic mass is 10.1. The Balaban J connectivity index is 2.74. The molecule has 0 aromatic heterocycles. The molecule has 0 saturated carbocycles. The van der Waals surface area contributed by atoms with Gasteiger partial charge < -0.3 is 5.11 Å². The van der Waals surface area contributed by atoms with Gasteiger partial charge in [-0.3, -0.25) is 0 Å². The van der Waals surface area contributed by atoms with Crippen LogP contribution in [-0.4, -0.2) is 11.7 Å². The first-order valence-corrected chi connectivity index (χ1v) is 4.51. The number of hydrogen-bond acceptors (Lipinski definition) is 2. The molecule has 16 heavy (non-hydrogen) atoms. The normalized spacial score (nSPS) is 10.4. The monoisotopic (exact) mass is 225 g/mol. The van der Waals surface area contributed by atoms with E-state index in [9.17, 15) is 8.78 Å². The first-order chi connectivity index (χ1) is 7.66. The minimum absolute atomic E-state index is 0.0382. The van der Waals surface area contributed by atoms with Crippen LogP contribution in [-0.2, 0) is 0 Å². The van der Waals surface area contributed by atoms with E-state index >= 15 is 0 Å². The number of phenols is 1. The Kier molecular flexibility index (Phi) is 4.29. The quantitative estimate of drug-likeness (QED) is 0.363. The van der Waals surface area contributed by atoms with Crippen LogP contribution < -0.4 is 0 Å². The molecule has 0 unspecified atom stereocenters. The van der Waals surface area contributed by atoms with Crippen molar-refractivity contribution in [2.45, 2.75) is 6.42 Å². The minimum Gasteiger partial charge on any atom is -0.505 e. The standard InChI is InChI=1S/C10H9F2N3O/c11-9-7(3-1-2-6-14-15-13)4-5-8(16)10(9)12/h1,3-5,16H,2,6H2. The van der Waals surface area contributed by atoms with E-state index < -0.39 is 17.4 Å². The molecule has 0 heterocycles. The third kappa shape index (κ3) is 2.96. The summed E-state index contributed by atoms with van der Waals surface area (Å²) in [5, 5.41) is 12.2. The molecule has 6 heteroatoms. The zero-order chi connectivity index (χ0) is 12.0. The summed E-state index contributed by atoms with van der Waals surface area (Å²) in [6, 6.07) is 2.34. The molecule has 0 aliphatic carbocycles. The second-order valence-corrected chi connectivity index (χ2v) is 2.95. The molecule has 0 saturated heterocycles. The fraction of sp³-hybridized carbons (Fsp3) is 0.200. The third-order valence-electron chi connectivity index (χ3n) is 1.85. The van der Waals surface area contributed by atoms with Crippen LogP contribution in [0.25, 0.3) is 16.5 Å². The summed E-state index contributed by atoms with van der Waals surface area (Å²) in [7, 11) is 0. The molecule has 0 aliphatic rings. The molecule has 0 amide bonds. The molecule has 0 spiro atoms. The SMILES string of the molecule is [N-]=[N+]=NCCC=Cc1ccc(O)c(F)c1F. The van der Waals surface area contributed by atoms with Crippen molar-refractivity contribution in [1.82, 2.24) is 0 Å². The van der Waals surface area contributed by atoms with Gasteiger partial charge in [-0.05, 0) is 24.1 Å². The van der Waals surface area contributed by atoms with Crippen LogP contribution in [0.15, 0.2) is 23.3 Å². The van der Waals surface area contributed by atoms with Gasteiger partial charge in [-0.15, -0.1) is 0 Å². The summed E-state index contributed by atoms with van der Waals surface area (Å²) in [4.78, 5) is 2.55. The third-order valence-corrected chi connectivity index (χ3v) is 1.85. The van der Waals surface area contributed by atoms with Gasteiger partial charge in [-0.25, -0.2) is 4.39 Å². The molecule has 1 aromatic carbocycles. The van der Waals surface area contributed by atoms with Crippen molar-refractivity contribution >= 4 is 6.08 Å². The summed E-state index contributed by atoms with van der Waals surface area (Å²) < 4.78 is 26.1. The molecule has 1 aromatic rings. The zero-order valence-corrected chi connectivity index (χ0v) is 8.27. The molecule has 84 valence electrons. The van der Waals surface area contributed by atoms with E-state index in [4.69, 9.17) is 10.6 Å². The summed E-state index contributed by atoms with van der Waals surface area (Å²) in [5.74, 6) is -3.08. The van der Waals surface area contributed by atoms with Gasteiger partial charge in [0.1, 0.15) is 0 Å². The van der Waals surface area contributed by atoms with E-state index in [2.05, 4.69) is 10.0 Å². The molecule has 0 aliphatic heterocycles. The van der Waals surface area contributed by atoms with Crippen LogP contribution in [0.2, 0.25) is 0 Å². The Morgan fingerprint density at radius 3 is 2.81 bits per heavy atom. The molecule has 0 fully saturated rings. The molecular formula is C10H9F2N3O. The van der Waals surface area contributed by atoms with Gasteiger partial charge >= 0.3 is 0 Å². The highest BCUT2D eigenvalue weighted by Crippen LogP contribution is 2.21. The van der Waals surface area contributed by atoms with Crippen molar-refractivity contribution in [2.24, 2.45) is 5.11 Å². The molecule has 1 rings (SSSR count). The van der Waals surface area contributed by atoms with Crippen LogP contribution in [0.5, 0.6) is 5.75 Å². The second-order valence-electron chi connectivity index (χ2n) is 2.95. The maximum atomic E-state index is 13.2. The summed E-state index contributed by atoms with van der Waals surface area (Å²) in [6.45, 7) is 0.259. The smallest absolute Gasteiger partial charge is 0.200 e. The maximum Gasteiger partial charge on any atom is 0.200 e. The van der Waals surface area contributed by atoms with Crippen LogP contribution in [0.4, 0.5) is 8.78 Å². The molecule has 0 radical (unpaired) electrons. The maximum absolute atomic E-state index is 13.2. The average molecular weight is 225 g/mol. The van der Waals surface area contributed by atoms with E-state index in [0.29, 0.717) is 6.42 Å². The second kappa shape index (κ2) is 5.72. The average Bonchev–Trinajstić information content (AvgIpc) is 2.28. The van der Waals surface area contributed by atoms with Gasteiger partial charge in [0.15, 0.2) is 11.6 Å². The first-order valence-electron chi connectivity index (χ1n) is 4.51. The van der Waals surface area contributed by atoms with Crippen molar-refractivity contribution < 1.29 is 13.9 Å². The van der Waals surface area contributed by atoms with Crippen molar-refractivity contribution in [3.63, 3.8) is 0 Å². The first kappa shape index (κ1) is 12.0. The molecular weight excluding hydrogens is 216 g/mol. The van der Waals surface area contributed by atoms with Crippen molar-refractivity contribution in [3.8, 4) is 5.75 Å². The Morgan fingerprint density at radius 2 is 2.12 bits per heavy atom. The highest BCUT2D eigenvalue weighted by atomic mass is 19.2. The highest BCUT2D eigenvalue weighted by Gasteiger charge is 2.10. The Labute approximate surface area is 90.5 Å². The number of aromatic hydroxyl groups is 1. The van der Waals surface area contributed by atoms with Gasteiger partial charge in [0.05, 0.1) is 0 Å². The zero-order valence-electron chi connectivity index (χ0n) is 8.27. The topological polar surface area (TPSA) is 69.0 Å². The largest absolute Gasteiger partial charge is 0.505 e. The highest BCUT2D eigenvalue weighted by molar-refractivity contribution is 5.51. The number of azide groups is 1. The van der Waals surface area contributed by atoms with Crippen LogP contribution >= 0.6 is 0 Å². The molecule has 1 N–H and O–H groups in total. The number of benzene rings is 1. The van der Waals surface area contributed by atoms with Crippen LogP contribution in [0.3, 0.4) is 0 Å². The Hall–Kier alpha value is -2.07. The Bertz CT molecular complexity index is 454. The van der Waals surface area contributed by atoms with Crippen LogP contribution in [0, 0.1) is 11.6 Å². The summed E-state index contributed by atoms with van der Waals surface area (Å²) in [5.41, 5.74) is 8.03. The van der Waals surface area contributed by atoms with E-state index in [-0.39, 0.29) is 12.1 Å². The van der Waals surface area contributed by atoms with Crippen molar-refractivity contribution in [3.05, 3.63) is 45.8 Å². The van der Waals surface area contributed by atoms with E-state index in [1.807, 2.05) is 0 Å². The van der Waals surface area contributed by atoms with E-state index in [1.54, 1.807) is 6.08 Å². The predicted molar refractivity (Wildman–Crippen MR) is 55.7 cm³/mol. The van der Waals surface area contributed by atoms with Crippen molar-refractivity contribution in [2.75, 3.05) is 6.54 Å². The molecule has 0 bridgehead atoms. The predicted octanol–water partition coefficient (Wildman–Crippen LogP) is 3.38. The van der Waals surface area contributed by atoms with Crippen LogP contribution in [0.1, 0.15) is 12.0 Å². The lowest BCUT2D eigenvalue weighted by Gasteiger charge is -2.00. The van der Waals surface area contributed by atoms with E-state index in [0.717, 1.165) is 6.07 Å². The number of hydrogen-bond donors (Lipinski definition) is 1. The van der Waals surface area contributed by atoms with Gasteiger partial charge in [-0.2, -0.15) is 4.39 Å². The lowest BCUT2D eigenvalue weighted by Crippen LogP contribution is -1.88. The number of rotatable bonds is 4. The fourth-order valence-electron chi connectivity index (χ4n) is 1.07. The van der Waals surface area contributed by atoms with Gasteiger partial charge in [0.25, 0.3) is 0 Å². The fourth-order valence-corrected chi connectivity index (χ4v) is 1.07. The van der Waals surface area contributed by atoms with Gasteiger partial charge in [-0.1, -0.05) is 17.3 Å². The van der Waals surface area contributed by atoms with Gasteiger partial charge in [0.2, 0.25) is 5.82 Å². The summed E-state index contributed by atoms with van der Waals surface area (Å²) in [6.07, 6.45) is 3.36.